The van der Waals surface area contributed by atoms with Crippen LogP contribution in [0.3, 0.4) is 0 Å². The molecule has 0 radical (unpaired) electrons. The molecule has 1 heterocycles. The minimum absolute atomic E-state index is 0.0236. The van der Waals surface area contributed by atoms with E-state index in [1.54, 1.807) is 32.2 Å². The van der Waals surface area contributed by atoms with Gasteiger partial charge in [0, 0.05) is 24.5 Å². The van der Waals surface area contributed by atoms with E-state index >= 15 is 0 Å². The third-order valence-corrected chi connectivity index (χ3v) is 4.06. The predicted octanol–water partition coefficient (Wildman–Crippen LogP) is 1.64. The fourth-order valence-corrected chi connectivity index (χ4v) is 2.61. The lowest BCUT2D eigenvalue weighted by Crippen LogP contribution is -2.15. The Hall–Kier alpha value is -2.35. The molecule has 0 atom stereocenters. The van der Waals surface area contributed by atoms with Gasteiger partial charge in [-0.3, -0.25) is 0 Å². The SMILES string of the molecule is CNc1ccc(S(=O)(=O)Nc2nc(C)cc(OC)n2)cc1. The molecule has 2 N–H and O–H groups in total. The summed E-state index contributed by atoms with van der Waals surface area (Å²) in [6.07, 6.45) is 0. The van der Waals surface area contributed by atoms with Crippen molar-refractivity contribution >= 4 is 21.7 Å². The Balaban J connectivity index is 2.30. The zero-order chi connectivity index (χ0) is 15.5. The first-order valence-corrected chi connectivity index (χ1v) is 7.63. The van der Waals surface area contributed by atoms with E-state index in [1.807, 2.05) is 0 Å². The summed E-state index contributed by atoms with van der Waals surface area (Å²) in [7, 11) is -0.525. The number of nitrogens with zero attached hydrogens (tertiary/aromatic N) is 2. The largest absolute Gasteiger partial charge is 0.481 e. The lowest BCUT2D eigenvalue weighted by Gasteiger charge is -2.09. The van der Waals surface area contributed by atoms with Gasteiger partial charge >= 0.3 is 0 Å². The molecule has 0 aliphatic rings. The Morgan fingerprint density at radius 2 is 1.81 bits per heavy atom. The van der Waals surface area contributed by atoms with Crippen molar-refractivity contribution in [3.8, 4) is 5.88 Å². The van der Waals surface area contributed by atoms with Crippen LogP contribution in [0, 0.1) is 6.92 Å². The second-order valence-electron chi connectivity index (χ2n) is 4.26. The number of aromatic nitrogens is 2. The van der Waals surface area contributed by atoms with E-state index in [9.17, 15) is 8.42 Å². The zero-order valence-corrected chi connectivity index (χ0v) is 12.7. The summed E-state index contributed by atoms with van der Waals surface area (Å²) in [5.74, 6) is 0.273. The third-order valence-electron chi connectivity index (χ3n) is 2.72. The average molecular weight is 308 g/mol. The number of anilines is 2. The lowest BCUT2D eigenvalue weighted by atomic mass is 10.3. The van der Waals surface area contributed by atoms with Crippen LogP contribution in [-0.4, -0.2) is 32.5 Å². The molecule has 2 aromatic rings. The molecule has 0 bridgehead atoms. The highest BCUT2D eigenvalue weighted by molar-refractivity contribution is 7.92. The molecular formula is C13H16N4O3S. The Bertz CT molecular complexity index is 730. The van der Waals surface area contributed by atoms with Crippen LogP contribution < -0.4 is 14.8 Å². The Kier molecular flexibility index (Phi) is 4.27. The molecule has 0 spiro atoms. The Morgan fingerprint density at radius 3 is 2.38 bits per heavy atom. The molecule has 2 rings (SSSR count). The molecule has 0 amide bonds. The molecular weight excluding hydrogens is 292 g/mol. The minimum Gasteiger partial charge on any atom is -0.481 e. The number of hydrogen-bond donors (Lipinski definition) is 2. The number of ether oxygens (including phenoxy) is 1. The number of hydrogen-bond acceptors (Lipinski definition) is 6. The highest BCUT2D eigenvalue weighted by Crippen LogP contribution is 2.18. The van der Waals surface area contributed by atoms with Crippen LogP contribution in [0.5, 0.6) is 5.88 Å². The van der Waals surface area contributed by atoms with Crippen molar-refractivity contribution in [2.45, 2.75) is 11.8 Å². The summed E-state index contributed by atoms with van der Waals surface area (Å²) < 4.78 is 31.8. The van der Waals surface area contributed by atoms with Crippen molar-refractivity contribution < 1.29 is 13.2 Å². The zero-order valence-electron chi connectivity index (χ0n) is 11.9. The monoisotopic (exact) mass is 308 g/mol. The van der Waals surface area contributed by atoms with Gasteiger partial charge < -0.3 is 10.1 Å². The van der Waals surface area contributed by atoms with Crippen molar-refractivity contribution in [3.63, 3.8) is 0 Å². The van der Waals surface area contributed by atoms with E-state index in [4.69, 9.17) is 4.74 Å². The standard InChI is InChI=1S/C13H16N4O3S/c1-9-8-12(20-3)16-13(15-9)17-21(18,19)11-6-4-10(14-2)5-7-11/h4-8,14H,1-3H3,(H,15,16,17). The summed E-state index contributed by atoms with van der Waals surface area (Å²) in [6.45, 7) is 1.73. The van der Waals surface area contributed by atoms with Crippen molar-refractivity contribution in [1.29, 1.82) is 0 Å². The van der Waals surface area contributed by atoms with Gasteiger partial charge in [-0.25, -0.2) is 18.1 Å². The topological polar surface area (TPSA) is 93.2 Å². The van der Waals surface area contributed by atoms with E-state index in [-0.39, 0.29) is 10.8 Å². The van der Waals surface area contributed by atoms with Crippen LogP contribution in [0.2, 0.25) is 0 Å². The first kappa shape index (κ1) is 15.0. The minimum atomic E-state index is -3.74. The van der Waals surface area contributed by atoms with Crippen LogP contribution in [0.4, 0.5) is 11.6 Å². The quantitative estimate of drug-likeness (QED) is 0.872. The first-order chi connectivity index (χ1) is 9.94. The molecule has 0 aliphatic carbocycles. The van der Waals surface area contributed by atoms with Crippen molar-refractivity contribution in [1.82, 2.24) is 9.97 Å². The van der Waals surface area contributed by atoms with Crippen LogP contribution >= 0.6 is 0 Å². The van der Waals surface area contributed by atoms with E-state index in [1.165, 1.54) is 19.2 Å². The highest BCUT2D eigenvalue weighted by atomic mass is 32.2. The summed E-state index contributed by atoms with van der Waals surface area (Å²) in [6, 6.07) is 7.96. The number of methoxy groups -OCH3 is 1. The second-order valence-corrected chi connectivity index (χ2v) is 5.94. The highest BCUT2D eigenvalue weighted by Gasteiger charge is 2.16. The van der Waals surface area contributed by atoms with Crippen LogP contribution in [0.1, 0.15) is 5.69 Å². The first-order valence-electron chi connectivity index (χ1n) is 6.15. The Labute approximate surface area is 123 Å². The summed E-state index contributed by atoms with van der Waals surface area (Å²) >= 11 is 0. The van der Waals surface area contributed by atoms with Gasteiger partial charge in [-0.15, -0.1) is 0 Å². The van der Waals surface area contributed by atoms with E-state index in [2.05, 4.69) is 20.0 Å². The maximum absolute atomic E-state index is 12.3. The maximum atomic E-state index is 12.3. The number of benzene rings is 1. The molecule has 0 fully saturated rings. The molecule has 0 saturated heterocycles. The van der Waals surface area contributed by atoms with E-state index in [0.29, 0.717) is 11.6 Å². The number of nitrogens with one attached hydrogen (secondary N) is 2. The van der Waals surface area contributed by atoms with E-state index < -0.39 is 10.0 Å². The number of rotatable bonds is 5. The summed E-state index contributed by atoms with van der Waals surface area (Å²) in [5, 5.41) is 2.92. The van der Waals surface area contributed by atoms with Crippen LogP contribution in [0.25, 0.3) is 0 Å². The van der Waals surface area contributed by atoms with Crippen molar-refractivity contribution in [3.05, 3.63) is 36.0 Å². The smallest absolute Gasteiger partial charge is 0.264 e. The normalized spacial score (nSPS) is 11.0. The molecule has 7 nitrogen and oxygen atoms in total. The number of aryl methyl sites for hydroxylation is 1. The van der Waals surface area contributed by atoms with Gasteiger partial charge in [0.25, 0.3) is 10.0 Å². The second kappa shape index (κ2) is 5.96. The molecule has 0 aliphatic heterocycles. The van der Waals surface area contributed by atoms with E-state index in [0.717, 1.165) is 5.69 Å². The molecule has 1 aromatic heterocycles. The summed E-state index contributed by atoms with van der Waals surface area (Å²) in [4.78, 5) is 8.12. The molecule has 8 heteroatoms. The molecule has 1 aromatic carbocycles. The molecule has 112 valence electrons. The molecule has 0 unspecified atom stereocenters. The third kappa shape index (κ3) is 3.60. The van der Waals surface area contributed by atoms with Gasteiger partial charge in [-0.2, -0.15) is 4.98 Å². The fourth-order valence-electron chi connectivity index (χ4n) is 1.67. The molecule has 21 heavy (non-hydrogen) atoms. The lowest BCUT2D eigenvalue weighted by molar-refractivity contribution is 0.397. The van der Waals surface area contributed by atoms with Gasteiger partial charge in [0.05, 0.1) is 12.0 Å². The Morgan fingerprint density at radius 1 is 1.14 bits per heavy atom. The average Bonchev–Trinajstić information content (AvgIpc) is 2.46. The van der Waals surface area contributed by atoms with Gasteiger partial charge in [0.15, 0.2) is 0 Å². The fraction of sp³-hybridized carbons (Fsp3) is 0.231. The maximum Gasteiger partial charge on any atom is 0.264 e. The predicted molar refractivity (Wildman–Crippen MR) is 80.1 cm³/mol. The van der Waals surface area contributed by atoms with Gasteiger partial charge in [0.2, 0.25) is 11.8 Å². The molecule has 0 saturated carbocycles. The van der Waals surface area contributed by atoms with Gasteiger partial charge in [-0.1, -0.05) is 0 Å². The van der Waals surface area contributed by atoms with Crippen molar-refractivity contribution in [2.75, 3.05) is 24.2 Å². The van der Waals surface area contributed by atoms with Crippen LogP contribution in [-0.2, 0) is 10.0 Å². The summed E-state index contributed by atoms with van der Waals surface area (Å²) in [5.41, 5.74) is 1.42. The number of sulfonamides is 1. The van der Waals surface area contributed by atoms with Gasteiger partial charge in [-0.05, 0) is 31.2 Å². The van der Waals surface area contributed by atoms with Crippen molar-refractivity contribution in [2.24, 2.45) is 0 Å². The van der Waals surface area contributed by atoms with Gasteiger partial charge in [0.1, 0.15) is 0 Å². The van der Waals surface area contributed by atoms with Crippen LogP contribution in [0.15, 0.2) is 35.2 Å².